The van der Waals surface area contributed by atoms with E-state index in [1.165, 1.54) is 9.80 Å². The Balaban J connectivity index is 0.000000143. The van der Waals surface area contributed by atoms with Crippen LogP contribution >= 0.6 is 0 Å². The Labute approximate surface area is 489 Å². The number of benzene rings is 10. The third kappa shape index (κ3) is 9.00. The van der Waals surface area contributed by atoms with Crippen LogP contribution in [-0.2, 0) is 19.1 Å². The number of aliphatic hydroxyl groups excluding tert-OH is 2. The number of aliphatic hydroxyl groups is 2. The quantitative estimate of drug-likeness (QED) is 0.0260. The average Bonchev–Trinajstić information content (AvgIpc) is 0.722. The van der Waals surface area contributed by atoms with Crippen LogP contribution in [0.2, 0.25) is 0 Å². The van der Waals surface area contributed by atoms with Gasteiger partial charge in [0.15, 0.2) is 0 Å². The van der Waals surface area contributed by atoms with Crippen molar-refractivity contribution in [2.75, 3.05) is 39.5 Å². The smallest absolute Gasteiger partial charge is 0.305 e. The third-order valence-electron chi connectivity index (χ3n) is 17.3. The average molecular weight is 1150 g/mol. The maximum Gasteiger partial charge on any atom is 0.305 e. The zero-order valence-electron chi connectivity index (χ0n) is 46.7. The molecule has 0 radical (unpaired) electrons. The molecule has 1 fully saturated rings. The first-order valence-corrected chi connectivity index (χ1v) is 29.2. The number of cyclic esters (lactones) is 1. The fourth-order valence-corrected chi connectivity index (χ4v) is 13.3. The second-order valence-electron chi connectivity index (χ2n) is 22.3. The predicted molar refractivity (Wildman–Crippen MR) is 321 cm³/mol. The first kappa shape index (κ1) is 55.4. The van der Waals surface area contributed by atoms with E-state index in [0.717, 1.165) is 90.3 Å². The summed E-state index contributed by atoms with van der Waals surface area (Å²) >= 11 is 0. The van der Waals surface area contributed by atoms with Gasteiger partial charge < -0.3 is 19.7 Å². The molecule has 0 spiro atoms. The van der Waals surface area contributed by atoms with Crippen LogP contribution in [0, 0.1) is 0 Å². The number of hydrogen-bond acceptors (Lipinski definition) is 14. The summed E-state index contributed by atoms with van der Waals surface area (Å²) in [4.78, 5) is 129. The molecule has 0 saturated carbocycles. The normalized spacial score (nSPS) is 15.5. The van der Waals surface area contributed by atoms with Crippen molar-refractivity contribution in [3.8, 4) is 0 Å². The molecule has 0 aromatic heterocycles. The summed E-state index contributed by atoms with van der Waals surface area (Å²) in [6.07, 6.45) is 8.31. The number of carbonyl (C=O) groups excluding carboxylic acids is 10. The van der Waals surface area contributed by atoms with E-state index in [1.54, 1.807) is 48.5 Å². The van der Waals surface area contributed by atoms with Crippen LogP contribution in [0.3, 0.4) is 0 Å². The Kier molecular flexibility index (Phi) is 14.4. The summed E-state index contributed by atoms with van der Waals surface area (Å²) in [7, 11) is 0. The number of unbranched alkanes of at least 4 members (excludes halogenated alkanes) is 4. The second-order valence-corrected chi connectivity index (χ2v) is 22.3. The third-order valence-corrected chi connectivity index (χ3v) is 17.3. The molecule has 4 N–H and O–H groups in total. The molecule has 0 atom stereocenters. The molecule has 0 aliphatic carbocycles. The van der Waals surface area contributed by atoms with Crippen molar-refractivity contribution in [3.05, 3.63) is 142 Å². The monoisotopic (exact) mass is 1150 g/mol. The molecule has 0 unspecified atom stereocenters. The minimum Gasteiger partial charge on any atom is -0.466 e. The lowest BCUT2D eigenvalue weighted by atomic mass is 9.82. The van der Waals surface area contributed by atoms with E-state index in [9.17, 15) is 47.9 Å². The minimum absolute atomic E-state index is 0.0107. The summed E-state index contributed by atoms with van der Waals surface area (Å²) in [5.74, 6) is -3.39. The number of carbonyl (C=O) groups is 10. The lowest BCUT2D eigenvalue weighted by Crippen LogP contribution is -2.41. The molecular weight excluding hydrogens is 1100 g/mol. The molecule has 5 aliphatic heterocycles. The molecule has 18 nitrogen and oxygen atoms in total. The van der Waals surface area contributed by atoms with E-state index in [1.807, 2.05) is 48.5 Å². The van der Waals surface area contributed by atoms with Crippen LogP contribution in [0.25, 0.3) is 86.2 Å². The fraction of sp³-hybridized carbons (Fsp3) is 0.265. The molecule has 10 aromatic rings. The van der Waals surface area contributed by atoms with Gasteiger partial charge >= 0.3 is 11.9 Å². The van der Waals surface area contributed by atoms with E-state index in [2.05, 4.69) is 10.6 Å². The molecule has 432 valence electrons. The molecule has 5 heterocycles. The molecule has 86 heavy (non-hydrogen) atoms. The number of nitrogens with zero attached hydrogens (tertiary/aromatic N) is 2. The van der Waals surface area contributed by atoms with Crippen LogP contribution in [-0.4, -0.2) is 119 Å². The van der Waals surface area contributed by atoms with Crippen molar-refractivity contribution in [3.63, 3.8) is 0 Å². The topological polar surface area (TPSA) is 260 Å². The van der Waals surface area contributed by atoms with Gasteiger partial charge in [-0.3, -0.25) is 68.4 Å². The highest BCUT2D eigenvalue weighted by atomic mass is 16.5. The minimum atomic E-state index is -0.430. The molecule has 5 aliphatic rings. The van der Waals surface area contributed by atoms with Crippen molar-refractivity contribution in [1.82, 2.24) is 20.4 Å². The van der Waals surface area contributed by atoms with Crippen molar-refractivity contribution in [2.24, 2.45) is 0 Å². The van der Waals surface area contributed by atoms with E-state index in [4.69, 9.17) is 19.7 Å². The first-order valence-electron chi connectivity index (χ1n) is 29.2. The summed E-state index contributed by atoms with van der Waals surface area (Å²) in [6, 6.07) is 29.0. The molecule has 15 rings (SSSR count). The van der Waals surface area contributed by atoms with Gasteiger partial charge in [-0.1, -0.05) is 55.0 Å². The van der Waals surface area contributed by atoms with Gasteiger partial charge in [-0.25, -0.2) is 0 Å². The van der Waals surface area contributed by atoms with Gasteiger partial charge in [-0.05, 0) is 171 Å². The Morgan fingerprint density at radius 1 is 0.395 bits per heavy atom. The fourth-order valence-electron chi connectivity index (χ4n) is 13.3. The first-order chi connectivity index (χ1) is 41.8. The van der Waals surface area contributed by atoms with E-state index < -0.39 is 23.6 Å². The van der Waals surface area contributed by atoms with Crippen molar-refractivity contribution < 1.29 is 67.6 Å². The summed E-state index contributed by atoms with van der Waals surface area (Å²) in [5.41, 5.74) is 3.66. The molecule has 18 heteroatoms. The standard InChI is InChI=1S/C34H28N2O7.C28H18N2O5.C6H10O2/c37-16-4-1-2-6-26(38)43-17-5-3-15-36-33(41)24-13-9-20-18-7-11-22-29-23(32(40)35-31(22)39)12-8-19(27(18)29)21-10-14-25(34(36)42)30(24)28(20)21;31-12-2-1-11-30-27(34)19-9-5-15-13-3-7-17-23-18(26(33)29-25(17)32)8-4-14(21(13)23)16-6-10-20(28(30)35)24(19)22(15)16;7-6-4-2-1-3-5-8-6/h7-14,37H,1-6,15-17H2,(H,35,39,40);3-10,31H,1-2,11-12H2,(H,29,32,33);1-5H2. The predicted octanol–water partition coefficient (Wildman–Crippen LogP) is 10.2. The lowest BCUT2D eigenvalue weighted by Gasteiger charge is -2.29. The van der Waals surface area contributed by atoms with Gasteiger partial charge in [0.1, 0.15) is 0 Å². The van der Waals surface area contributed by atoms with Gasteiger partial charge in [0.25, 0.3) is 47.3 Å². The summed E-state index contributed by atoms with van der Waals surface area (Å²) in [5, 5.41) is 35.4. The van der Waals surface area contributed by atoms with E-state index in [-0.39, 0.29) is 68.5 Å². The van der Waals surface area contributed by atoms with Gasteiger partial charge in [-0.15, -0.1) is 0 Å². The zero-order chi connectivity index (χ0) is 59.7. The zero-order valence-corrected chi connectivity index (χ0v) is 46.7. The van der Waals surface area contributed by atoms with Gasteiger partial charge in [0.2, 0.25) is 0 Å². The molecule has 0 bridgehead atoms. The van der Waals surface area contributed by atoms with E-state index in [0.29, 0.717) is 124 Å². The molecular formula is C68H56N4O14. The molecule has 10 aromatic carbocycles. The highest BCUT2D eigenvalue weighted by molar-refractivity contribution is 6.43. The number of nitrogens with one attached hydrogen (secondary N) is 2. The van der Waals surface area contributed by atoms with Crippen LogP contribution in [0.5, 0.6) is 0 Å². The largest absolute Gasteiger partial charge is 0.466 e. The van der Waals surface area contributed by atoms with Crippen LogP contribution in [0.4, 0.5) is 0 Å². The van der Waals surface area contributed by atoms with Gasteiger partial charge in [0, 0.05) is 105 Å². The Morgan fingerprint density at radius 3 is 1.10 bits per heavy atom. The Bertz CT molecular complexity index is 4400. The number of hydrogen-bond donors (Lipinski definition) is 4. The van der Waals surface area contributed by atoms with Crippen LogP contribution in [0.1, 0.15) is 160 Å². The van der Waals surface area contributed by atoms with Crippen LogP contribution in [0.15, 0.2) is 97.1 Å². The number of fused-ring (bicyclic) bond motifs is 4. The summed E-state index contributed by atoms with van der Waals surface area (Å²) < 4.78 is 10.0. The van der Waals surface area contributed by atoms with Crippen molar-refractivity contribution >= 4 is 145 Å². The summed E-state index contributed by atoms with van der Waals surface area (Å²) in [6.45, 7) is 1.44. The number of amides is 8. The molecule has 8 amide bonds. The van der Waals surface area contributed by atoms with E-state index >= 15 is 0 Å². The maximum atomic E-state index is 13.7. The van der Waals surface area contributed by atoms with Crippen molar-refractivity contribution in [1.29, 1.82) is 0 Å². The Hall–Kier alpha value is -9.78. The number of ether oxygens (including phenoxy) is 2. The maximum absolute atomic E-state index is 13.7. The SMILES string of the molecule is O=C(CCCCCO)OCCCCN1C(=O)c2ccc3c4ccc5c6c(ccc(c7ccc(c2c37)C1=O)c64)C(=O)NC5=O.O=C1CCCCCO1.O=C1NC(=O)c2ccc3c4ccc5c6c(ccc(c7ccc1c2c73)c64)C(=O)N(CCCCO)C5=O. The highest BCUT2D eigenvalue weighted by Gasteiger charge is 2.37. The van der Waals surface area contributed by atoms with Gasteiger partial charge in [-0.2, -0.15) is 0 Å². The molecule has 1 saturated heterocycles. The van der Waals surface area contributed by atoms with Crippen LogP contribution < -0.4 is 10.6 Å². The number of imide groups is 4. The Morgan fingerprint density at radius 2 is 0.733 bits per heavy atom. The second kappa shape index (κ2) is 22.3. The lowest BCUT2D eigenvalue weighted by molar-refractivity contribution is -0.144. The number of rotatable bonds is 14. The van der Waals surface area contributed by atoms with Crippen molar-refractivity contribution in [2.45, 2.75) is 77.0 Å². The highest BCUT2D eigenvalue weighted by Crippen LogP contribution is 2.48. The number of esters is 2. The van der Waals surface area contributed by atoms with Gasteiger partial charge in [0.05, 0.1) is 13.2 Å².